The van der Waals surface area contributed by atoms with Crippen LogP contribution in [0.2, 0.25) is 0 Å². The predicted octanol–water partition coefficient (Wildman–Crippen LogP) is 2.53. The molecule has 2 aliphatic heterocycles. The van der Waals surface area contributed by atoms with Crippen LogP contribution < -0.4 is 21.3 Å². The zero-order valence-electron chi connectivity index (χ0n) is 37.3. The summed E-state index contributed by atoms with van der Waals surface area (Å²) in [6.07, 6.45) is -1.36. The Morgan fingerprint density at radius 3 is 1.35 bits per heavy atom. The van der Waals surface area contributed by atoms with Crippen molar-refractivity contribution >= 4 is 45.7 Å². The molecule has 0 spiro atoms. The molecule has 2 aromatic heterocycles. The van der Waals surface area contributed by atoms with Crippen LogP contribution in [-0.4, -0.2) is 138 Å². The van der Waals surface area contributed by atoms with Gasteiger partial charge in [0, 0.05) is 38.3 Å². The van der Waals surface area contributed by atoms with Crippen molar-refractivity contribution in [3.63, 3.8) is 0 Å². The summed E-state index contributed by atoms with van der Waals surface area (Å²) < 4.78 is 33.4. The number of aliphatic hydroxyl groups is 2. The van der Waals surface area contributed by atoms with Crippen LogP contribution in [0.4, 0.5) is 8.78 Å². The minimum atomic E-state index is -0.934. The Balaban J connectivity index is 1.43. The summed E-state index contributed by atoms with van der Waals surface area (Å²) in [7, 11) is 3.30. The van der Waals surface area contributed by atoms with Gasteiger partial charge in [0.2, 0.25) is 23.6 Å². The van der Waals surface area contributed by atoms with Crippen LogP contribution >= 0.6 is 0 Å². The van der Waals surface area contributed by atoms with Crippen LogP contribution in [0.1, 0.15) is 68.2 Å². The molecule has 62 heavy (non-hydrogen) atoms. The van der Waals surface area contributed by atoms with E-state index < -0.39 is 70.9 Å². The first-order chi connectivity index (χ1) is 29.0. The van der Waals surface area contributed by atoms with Gasteiger partial charge in [-0.05, 0) is 75.9 Å². The number of carbonyl (C=O) groups excluding carboxylic acids is 4. The molecule has 2 unspecified atom stereocenters. The Bertz CT molecular complexity index is 2160. The molecule has 6 N–H and O–H groups in total. The second-order valence-corrected chi connectivity index (χ2v) is 19.1. The van der Waals surface area contributed by atoms with Crippen LogP contribution in [-0.2, 0) is 32.3 Å². The summed E-state index contributed by atoms with van der Waals surface area (Å²) in [5.74, 6) is -1.99. The average molecular weight is 865 g/mol. The fraction of sp³-hybridized carbons (Fsp3) is 0.591. The normalized spacial score (nSPS) is 21.6. The van der Waals surface area contributed by atoms with Gasteiger partial charge in [0.25, 0.3) is 0 Å². The van der Waals surface area contributed by atoms with Crippen LogP contribution in [0.15, 0.2) is 36.4 Å². The molecule has 0 radical (unpaired) electrons. The zero-order chi connectivity index (χ0) is 45.6. The van der Waals surface area contributed by atoms with Gasteiger partial charge in [-0.15, -0.1) is 0 Å². The van der Waals surface area contributed by atoms with Crippen molar-refractivity contribution in [1.82, 2.24) is 50.2 Å². The van der Waals surface area contributed by atoms with E-state index in [4.69, 9.17) is 9.97 Å². The summed E-state index contributed by atoms with van der Waals surface area (Å²) >= 11 is 0. The summed E-state index contributed by atoms with van der Waals surface area (Å²) in [5.41, 5.74) is 0.196. The molecule has 0 saturated carbocycles. The van der Waals surface area contributed by atoms with Gasteiger partial charge < -0.3 is 50.4 Å². The van der Waals surface area contributed by atoms with Gasteiger partial charge in [-0.3, -0.25) is 19.2 Å². The summed E-state index contributed by atoms with van der Waals surface area (Å²) in [6, 6.07) is 4.11. The van der Waals surface area contributed by atoms with Gasteiger partial charge in [-0.25, -0.2) is 18.7 Å². The lowest BCUT2D eigenvalue weighted by atomic mass is 9.85. The van der Waals surface area contributed by atoms with Crippen molar-refractivity contribution in [2.75, 3.05) is 27.2 Å². The van der Waals surface area contributed by atoms with Gasteiger partial charge in [0.05, 0.1) is 58.4 Å². The Morgan fingerprint density at radius 1 is 0.677 bits per heavy atom. The number of hydrogen-bond donors (Lipinski definition) is 6. The number of nitrogens with one attached hydrogen (secondary N) is 4. The van der Waals surface area contributed by atoms with Crippen molar-refractivity contribution in [3.8, 4) is 11.6 Å². The van der Waals surface area contributed by atoms with E-state index in [9.17, 15) is 38.2 Å². The van der Waals surface area contributed by atoms with Gasteiger partial charge in [-0.1, -0.05) is 41.5 Å². The van der Waals surface area contributed by atoms with E-state index >= 15 is 0 Å². The van der Waals surface area contributed by atoms with Crippen molar-refractivity contribution in [1.29, 1.82) is 0 Å². The molecular formula is C44H62F2N10O6. The minimum Gasteiger partial charge on any atom is -0.391 e. The first kappa shape index (κ1) is 46.5. The van der Waals surface area contributed by atoms with E-state index in [1.54, 1.807) is 59.0 Å². The molecule has 18 heteroatoms. The summed E-state index contributed by atoms with van der Waals surface area (Å²) in [6.45, 7) is 14.7. The molecule has 2 saturated heterocycles. The maximum atomic E-state index is 14.9. The highest BCUT2D eigenvalue weighted by molar-refractivity contribution is 5.92. The Kier molecular flexibility index (Phi) is 13.5. The monoisotopic (exact) mass is 864 g/mol. The number of nitrogens with zero attached hydrogens (tertiary/aromatic N) is 6. The molecule has 4 amide bonds. The number of fused-ring (bicyclic) bond motifs is 2. The molecule has 2 aliphatic rings. The Hall–Kier alpha value is -5.04. The number of amides is 4. The van der Waals surface area contributed by atoms with Gasteiger partial charge in [-0.2, -0.15) is 0 Å². The maximum absolute atomic E-state index is 14.9. The molecule has 4 aromatic rings. The predicted molar refractivity (Wildman–Crippen MR) is 230 cm³/mol. The zero-order valence-corrected chi connectivity index (χ0v) is 37.3. The first-order valence-corrected chi connectivity index (χ1v) is 21.3. The van der Waals surface area contributed by atoms with E-state index in [1.165, 1.54) is 24.3 Å². The molecular weight excluding hydrogens is 803 g/mol. The maximum Gasteiger partial charge on any atom is 0.246 e. The van der Waals surface area contributed by atoms with Crippen molar-refractivity contribution in [3.05, 3.63) is 48.0 Å². The SMILES string of the molecule is CN[C@H](C)C(=O)N[C@@H](C(=O)N1CC(O)C[C@H]1Cn1c(-c2nc3cc(F)ccc3n2C[C@@H]2CC(O)CN2C(=O)[C@H](NC(=O)[C@@H](C)NC)C(C)(C)C)nc2cc(F)ccc21)C(C)(C)C. The number of likely N-dealkylation sites (N-methyl/N-ethyl adjacent to an activating group) is 2. The number of hydrogen-bond acceptors (Lipinski definition) is 10. The van der Waals surface area contributed by atoms with E-state index in [2.05, 4.69) is 21.3 Å². The largest absolute Gasteiger partial charge is 0.391 e. The number of rotatable bonds is 13. The van der Waals surface area contributed by atoms with Crippen LogP contribution in [0.25, 0.3) is 33.7 Å². The van der Waals surface area contributed by atoms with E-state index in [0.29, 0.717) is 11.0 Å². The number of benzene rings is 2. The molecule has 4 heterocycles. The quantitative estimate of drug-likeness (QED) is 0.116. The average Bonchev–Trinajstić information content (AvgIpc) is 3.96. The molecule has 16 nitrogen and oxygen atoms in total. The Labute approximate surface area is 360 Å². The first-order valence-electron chi connectivity index (χ1n) is 21.3. The van der Waals surface area contributed by atoms with Crippen molar-refractivity contribution in [2.45, 2.75) is 130 Å². The minimum absolute atomic E-state index is 0.0136. The molecule has 0 bridgehead atoms. The van der Waals surface area contributed by atoms with E-state index in [-0.39, 0.29) is 85.3 Å². The highest BCUT2D eigenvalue weighted by Crippen LogP contribution is 2.34. The lowest BCUT2D eigenvalue weighted by molar-refractivity contribution is -0.141. The molecule has 338 valence electrons. The van der Waals surface area contributed by atoms with Crippen molar-refractivity contribution in [2.24, 2.45) is 10.8 Å². The van der Waals surface area contributed by atoms with E-state index in [1.807, 2.05) is 41.5 Å². The fourth-order valence-electron chi connectivity index (χ4n) is 8.43. The summed E-state index contributed by atoms with van der Waals surface area (Å²) in [5, 5.41) is 33.8. The molecule has 8 atom stereocenters. The van der Waals surface area contributed by atoms with Crippen LogP contribution in [0, 0.1) is 22.5 Å². The van der Waals surface area contributed by atoms with Gasteiger partial charge >= 0.3 is 0 Å². The number of likely N-dealkylation sites (tertiary alicyclic amines) is 2. The smallest absolute Gasteiger partial charge is 0.246 e. The number of β-amino-alcohol motifs (C(OH)–C–C–N with tert-alkyl or cyclic N) is 2. The summed E-state index contributed by atoms with van der Waals surface area (Å²) in [4.78, 5) is 68.1. The molecule has 0 aliphatic carbocycles. The standard InChI is InChI=1S/C44H62F2N10O6/c1-23(47-9)39(59)51-35(43(3,4)5)41(61)53-21-29(57)17-27(53)19-55-33-13-11-25(45)15-31(33)49-37(55)38-50-32-16-26(46)12-14-34(32)56(38)20-28-18-30(58)22-54(28)42(62)36(44(6,7)8)52-40(60)24(2)48-10/h11-16,23-24,27-30,35-36,47-48,57-58H,17-22H2,1-10H3,(H,51,59)(H,52,60)/t23-,24-,27+,28+,29?,30?,35+,36+/m1/s1. The molecule has 6 rings (SSSR count). The third-order valence-electron chi connectivity index (χ3n) is 12.2. The highest BCUT2D eigenvalue weighted by Gasteiger charge is 2.45. The van der Waals surface area contributed by atoms with E-state index in [0.717, 1.165) is 0 Å². The lowest BCUT2D eigenvalue weighted by Crippen LogP contribution is -2.58. The fourth-order valence-corrected chi connectivity index (χ4v) is 8.43. The third kappa shape index (κ3) is 9.62. The van der Waals surface area contributed by atoms with Crippen LogP contribution in [0.3, 0.4) is 0 Å². The van der Waals surface area contributed by atoms with Gasteiger partial charge in [0.1, 0.15) is 23.7 Å². The number of aromatic nitrogens is 4. The van der Waals surface area contributed by atoms with Crippen LogP contribution in [0.5, 0.6) is 0 Å². The number of carbonyl (C=O) groups is 4. The lowest BCUT2D eigenvalue weighted by Gasteiger charge is -2.36. The number of aliphatic hydroxyl groups excluding tert-OH is 2. The third-order valence-corrected chi connectivity index (χ3v) is 12.2. The van der Waals surface area contributed by atoms with Crippen molar-refractivity contribution < 1.29 is 38.2 Å². The Morgan fingerprint density at radius 2 is 1.03 bits per heavy atom. The topological polar surface area (TPSA) is 199 Å². The highest BCUT2D eigenvalue weighted by atomic mass is 19.1. The second-order valence-electron chi connectivity index (χ2n) is 19.1. The molecule has 2 fully saturated rings. The van der Waals surface area contributed by atoms with Gasteiger partial charge in [0.15, 0.2) is 11.6 Å². The molecule has 2 aromatic carbocycles. The second kappa shape index (κ2) is 18.0. The number of imidazole rings is 2. The number of halogens is 2.